The van der Waals surface area contributed by atoms with Gasteiger partial charge in [-0.05, 0) is 31.4 Å². The van der Waals surface area contributed by atoms with E-state index in [0.717, 1.165) is 15.0 Å². The predicted molar refractivity (Wildman–Crippen MR) is 67.5 cm³/mol. The van der Waals surface area contributed by atoms with Crippen molar-refractivity contribution < 1.29 is 14.7 Å². The molecule has 0 aliphatic rings. The highest BCUT2D eigenvalue weighted by atomic mass is 32.1. The Morgan fingerprint density at radius 3 is 2.47 bits per heavy atom. The third kappa shape index (κ3) is 1.96. The lowest BCUT2D eigenvalue weighted by atomic mass is 9.86. The molecule has 2 rings (SSSR count). The van der Waals surface area contributed by atoms with E-state index in [1.165, 1.54) is 11.3 Å². The second-order valence-electron chi connectivity index (χ2n) is 4.41. The largest absolute Gasteiger partial charge is 0.475 e. The molecule has 0 saturated heterocycles. The average Bonchev–Trinajstić information content (AvgIpc) is 2.71. The van der Waals surface area contributed by atoms with Gasteiger partial charge in [0.15, 0.2) is 0 Å². The minimum atomic E-state index is -1.38. The summed E-state index contributed by atoms with van der Waals surface area (Å²) in [5, 5.41) is 9.85. The summed E-state index contributed by atoms with van der Waals surface area (Å²) in [6.45, 7) is 3.29. The summed E-state index contributed by atoms with van der Waals surface area (Å²) in [5.74, 6) is -2.16. The summed E-state index contributed by atoms with van der Waals surface area (Å²) in [6, 6.07) is 9.65. The Morgan fingerprint density at radius 1 is 1.24 bits per heavy atom. The summed E-state index contributed by atoms with van der Waals surface area (Å²) in [5.41, 5.74) is -0.977. The van der Waals surface area contributed by atoms with E-state index in [1.54, 1.807) is 13.8 Å². The first kappa shape index (κ1) is 11.8. The molecule has 3 nitrogen and oxygen atoms in total. The Morgan fingerprint density at radius 2 is 1.88 bits per heavy atom. The molecule has 0 atom stereocenters. The van der Waals surface area contributed by atoms with Gasteiger partial charge in [0.05, 0.1) is 5.41 Å². The van der Waals surface area contributed by atoms with Crippen LogP contribution in [0.2, 0.25) is 0 Å². The highest BCUT2D eigenvalue weighted by Crippen LogP contribution is 2.35. The van der Waals surface area contributed by atoms with Gasteiger partial charge >= 0.3 is 5.97 Å². The van der Waals surface area contributed by atoms with Crippen LogP contribution in [0.3, 0.4) is 0 Å². The molecule has 1 heterocycles. The number of carbonyl (C=O) groups is 2. The van der Waals surface area contributed by atoms with Gasteiger partial charge < -0.3 is 5.11 Å². The van der Waals surface area contributed by atoms with E-state index < -0.39 is 17.2 Å². The van der Waals surface area contributed by atoms with Crippen LogP contribution in [0.5, 0.6) is 0 Å². The van der Waals surface area contributed by atoms with Crippen molar-refractivity contribution in [3.8, 4) is 0 Å². The summed E-state index contributed by atoms with van der Waals surface area (Å²) in [7, 11) is 0. The summed E-state index contributed by atoms with van der Waals surface area (Å²) in [4.78, 5) is 23.2. The first-order chi connectivity index (χ1) is 7.93. The minimum absolute atomic E-state index is 0.774. The van der Waals surface area contributed by atoms with Crippen LogP contribution in [0.4, 0.5) is 0 Å². The fourth-order valence-corrected chi connectivity index (χ4v) is 2.83. The van der Waals surface area contributed by atoms with Gasteiger partial charge in [0, 0.05) is 9.58 Å². The molecular weight excluding hydrogens is 236 g/mol. The lowest BCUT2D eigenvalue weighted by molar-refractivity contribution is -0.151. The van der Waals surface area contributed by atoms with Crippen molar-refractivity contribution in [3.63, 3.8) is 0 Å². The van der Waals surface area contributed by atoms with Crippen LogP contribution in [0.15, 0.2) is 30.3 Å². The van der Waals surface area contributed by atoms with Crippen molar-refractivity contribution in [2.45, 2.75) is 19.3 Å². The zero-order valence-electron chi connectivity index (χ0n) is 9.56. The Labute approximate surface area is 103 Å². The molecule has 1 aromatic heterocycles. The minimum Gasteiger partial charge on any atom is -0.475 e. The van der Waals surface area contributed by atoms with E-state index in [-0.39, 0.29) is 0 Å². The van der Waals surface area contributed by atoms with Crippen LogP contribution < -0.4 is 0 Å². The molecule has 4 heteroatoms. The number of rotatable bonds is 3. The Bertz CT molecular complexity index is 562. The molecule has 0 amide bonds. The smallest absolute Gasteiger partial charge is 0.373 e. The molecule has 0 unspecified atom stereocenters. The Hall–Kier alpha value is -1.68. The molecule has 0 aliphatic heterocycles. The molecule has 88 valence electrons. The number of Topliss-reactive ketones (excluding diaryl/α,β-unsaturated/α-hetero) is 1. The zero-order chi connectivity index (χ0) is 12.6. The van der Waals surface area contributed by atoms with Gasteiger partial charge in [-0.15, -0.1) is 11.3 Å². The van der Waals surface area contributed by atoms with Gasteiger partial charge in [-0.3, -0.25) is 4.79 Å². The molecule has 0 bridgehead atoms. The van der Waals surface area contributed by atoms with E-state index in [9.17, 15) is 9.59 Å². The molecule has 1 aromatic carbocycles. The number of hydrogen-bond acceptors (Lipinski definition) is 3. The summed E-state index contributed by atoms with van der Waals surface area (Å²) in [6.07, 6.45) is 0. The topological polar surface area (TPSA) is 54.4 Å². The quantitative estimate of drug-likeness (QED) is 0.850. The molecule has 0 aliphatic carbocycles. The highest BCUT2D eigenvalue weighted by molar-refractivity contribution is 7.19. The third-order valence-electron chi connectivity index (χ3n) is 2.80. The number of aliphatic carboxylic acids is 1. The number of thiophene rings is 1. The van der Waals surface area contributed by atoms with Gasteiger partial charge in [-0.25, -0.2) is 4.79 Å². The lowest BCUT2D eigenvalue weighted by Crippen LogP contribution is -2.34. The standard InChI is InChI=1S/C13H12O3S/c1-13(2,11(14)12(15)16)10-7-8-5-3-4-6-9(8)17-10/h3-7H,1-2H3,(H,15,16). The van der Waals surface area contributed by atoms with Gasteiger partial charge in [0.25, 0.3) is 5.78 Å². The number of fused-ring (bicyclic) bond motifs is 1. The van der Waals surface area contributed by atoms with E-state index in [2.05, 4.69) is 0 Å². The maximum Gasteiger partial charge on any atom is 0.373 e. The van der Waals surface area contributed by atoms with Crippen molar-refractivity contribution in [1.82, 2.24) is 0 Å². The number of carboxylic acid groups (broad SMARTS) is 1. The number of ketones is 1. The molecule has 0 spiro atoms. The maximum absolute atomic E-state index is 11.6. The Balaban J connectivity index is 2.52. The maximum atomic E-state index is 11.6. The molecule has 0 saturated carbocycles. The van der Waals surface area contributed by atoms with Crippen molar-refractivity contribution in [2.75, 3.05) is 0 Å². The lowest BCUT2D eigenvalue weighted by Gasteiger charge is -2.18. The van der Waals surface area contributed by atoms with Crippen molar-refractivity contribution in [1.29, 1.82) is 0 Å². The molecule has 0 radical (unpaired) electrons. The van der Waals surface area contributed by atoms with E-state index in [4.69, 9.17) is 5.11 Å². The number of carbonyl (C=O) groups excluding carboxylic acids is 1. The molecule has 0 fully saturated rings. The van der Waals surface area contributed by atoms with E-state index in [1.807, 2.05) is 30.3 Å². The first-order valence-electron chi connectivity index (χ1n) is 5.19. The van der Waals surface area contributed by atoms with Crippen LogP contribution in [-0.4, -0.2) is 16.9 Å². The average molecular weight is 248 g/mol. The second-order valence-corrected chi connectivity index (χ2v) is 5.49. The van der Waals surface area contributed by atoms with E-state index >= 15 is 0 Å². The van der Waals surface area contributed by atoms with Crippen molar-refractivity contribution >= 4 is 33.2 Å². The SMILES string of the molecule is CC(C)(C(=O)C(=O)O)c1cc2ccccc2s1. The monoisotopic (exact) mass is 248 g/mol. The van der Waals surface area contributed by atoms with Crippen LogP contribution in [0.25, 0.3) is 10.1 Å². The fraction of sp³-hybridized carbons (Fsp3) is 0.231. The first-order valence-corrected chi connectivity index (χ1v) is 6.01. The van der Waals surface area contributed by atoms with Gasteiger partial charge in [-0.1, -0.05) is 18.2 Å². The predicted octanol–water partition coefficient (Wildman–Crippen LogP) is 2.83. The molecular formula is C13H12O3S. The summed E-state index contributed by atoms with van der Waals surface area (Å²) < 4.78 is 1.06. The van der Waals surface area contributed by atoms with Gasteiger partial charge in [0.1, 0.15) is 0 Å². The van der Waals surface area contributed by atoms with Crippen LogP contribution >= 0.6 is 11.3 Å². The zero-order valence-corrected chi connectivity index (χ0v) is 10.4. The van der Waals surface area contributed by atoms with Crippen LogP contribution in [0.1, 0.15) is 18.7 Å². The highest BCUT2D eigenvalue weighted by Gasteiger charge is 2.36. The molecule has 1 N–H and O–H groups in total. The van der Waals surface area contributed by atoms with Crippen molar-refractivity contribution in [3.05, 3.63) is 35.2 Å². The van der Waals surface area contributed by atoms with Gasteiger partial charge in [0.2, 0.25) is 0 Å². The number of benzene rings is 1. The molecule has 2 aromatic rings. The van der Waals surface area contributed by atoms with Gasteiger partial charge in [-0.2, -0.15) is 0 Å². The van der Waals surface area contributed by atoms with E-state index in [0.29, 0.717) is 0 Å². The van der Waals surface area contributed by atoms with Crippen LogP contribution in [0, 0.1) is 0 Å². The third-order valence-corrected chi connectivity index (χ3v) is 4.24. The van der Waals surface area contributed by atoms with Crippen molar-refractivity contribution in [2.24, 2.45) is 0 Å². The normalized spacial score (nSPS) is 11.6. The Kier molecular flexibility index (Phi) is 2.75. The van der Waals surface area contributed by atoms with Crippen LogP contribution in [-0.2, 0) is 15.0 Å². The summed E-state index contributed by atoms with van der Waals surface area (Å²) >= 11 is 1.47. The second kappa shape index (κ2) is 3.96. The fourth-order valence-electron chi connectivity index (χ4n) is 1.67. The molecule has 17 heavy (non-hydrogen) atoms. The number of hydrogen-bond donors (Lipinski definition) is 1. The number of carboxylic acids is 1.